The third-order valence-corrected chi connectivity index (χ3v) is 3.98. The Bertz CT molecular complexity index is 979. The number of aromatic nitrogens is 4. The predicted octanol–water partition coefficient (Wildman–Crippen LogP) is 1.20. The molecule has 0 aliphatic heterocycles. The molecule has 0 fully saturated rings. The number of aliphatic hydroxyl groups excluding tert-OH is 1. The first kappa shape index (κ1) is 18.3. The number of anilines is 2. The zero-order valence-corrected chi connectivity index (χ0v) is 15.0. The van der Waals surface area contributed by atoms with Crippen LogP contribution in [0.2, 0.25) is 0 Å². The van der Waals surface area contributed by atoms with Gasteiger partial charge in [-0.2, -0.15) is 0 Å². The molecule has 9 nitrogen and oxygen atoms in total. The van der Waals surface area contributed by atoms with E-state index in [-0.39, 0.29) is 12.4 Å². The zero-order chi connectivity index (χ0) is 19.2. The second kappa shape index (κ2) is 8.28. The largest absolute Gasteiger partial charge is 0.395 e. The molecule has 0 atom stereocenters. The van der Waals surface area contributed by atoms with E-state index in [1.807, 2.05) is 35.9 Å². The van der Waals surface area contributed by atoms with Gasteiger partial charge < -0.3 is 31.3 Å². The Hall–Kier alpha value is -3.46. The van der Waals surface area contributed by atoms with E-state index in [1.54, 1.807) is 6.20 Å². The average molecular weight is 366 g/mol. The first-order valence-electron chi connectivity index (χ1n) is 8.46. The Labute approximate surface area is 156 Å². The second-order valence-electron chi connectivity index (χ2n) is 5.93. The van der Waals surface area contributed by atoms with Gasteiger partial charge in [0.1, 0.15) is 5.65 Å². The van der Waals surface area contributed by atoms with Crippen LogP contribution in [0, 0.1) is 12.3 Å². The van der Waals surface area contributed by atoms with Gasteiger partial charge in [-0.15, -0.1) is 0 Å². The van der Waals surface area contributed by atoms with Crippen LogP contribution in [0.1, 0.15) is 17.0 Å². The summed E-state index contributed by atoms with van der Waals surface area (Å²) in [4.78, 5) is 12.9. The maximum absolute atomic E-state index is 8.84. The first-order valence-corrected chi connectivity index (χ1v) is 8.46. The van der Waals surface area contributed by atoms with E-state index in [1.165, 1.54) is 12.4 Å². The topological polar surface area (TPSA) is 137 Å². The molecule has 3 aromatic rings. The number of imidazole rings is 1. The van der Waals surface area contributed by atoms with Crippen molar-refractivity contribution >= 4 is 29.1 Å². The van der Waals surface area contributed by atoms with Crippen LogP contribution in [0.25, 0.3) is 11.2 Å². The number of rotatable bonds is 8. The SMILES string of the molecule is Cc1cnc2ccc(CNc3nc(/C(C=N)=C/NCCO)cnc3N)cn12. The molecule has 0 amide bonds. The first-order chi connectivity index (χ1) is 13.1. The zero-order valence-electron chi connectivity index (χ0n) is 15.0. The minimum Gasteiger partial charge on any atom is -0.395 e. The Morgan fingerprint density at radius 3 is 2.96 bits per heavy atom. The number of nitrogens with zero attached hydrogens (tertiary/aromatic N) is 4. The second-order valence-corrected chi connectivity index (χ2v) is 5.93. The minimum absolute atomic E-state index is 0.00271. The summed E-state index contributed by atoms with van der Waals surface area (Å²) in [5, 5.41) is 22.5. The number of nitrogen functional groups attached to an aromatic ring is 1. The van der Waals surface area contributed by atoms with Gasteiger partial charge in [0.25, 0.3) is 0 Å². The summed E-state index contributed by atoms with van der Waals surface area (Å²) in [5.74, 6) is 0.733. The molecule has 6 N–H and O–H groups in total. The molecule has 140 valence electrons. The van der Waals surface area contributed by atoms with Gasteiger partial charge in [-0.25, -0.2) is 15.0 Å². The van der Waals surface area contributed by atoms with Crippen LogP contribution in [0.4, 0.5) is 11.6 Å². The summed E-state index contributed by atoms with van der Waals surface area (Å²) in [7, 11) is 0. The van der Waals surface area contributed by atoms with Gasteiger partial charge in [-0.3, -0.25) is 0 Å². The monoisotopic (exact) mass is 366 g/mol. The lowest BCUT2D eigenvalue weighted by molar-refractivity contribution is 0.298. The Morgan fingerprint density at radius 2 is 2.19 bits per heavy atom. The van der Waals surface area contributed by atoms with Crippen molar-refractivity contribution in [2.24, 2.45) is 0 Å². The number of allylic oxidation sites excluding steroid dienone is 1. The smallest absolute Gasteiger partial charge is 0.169 e. The quantitative estimate of drug-likeness (QED) is 0.298. The van der Waals surface area contributed by atoms with Gasteiger partial charge in [0, 0.05) is 49.2 Å². The number of nitrogens with two attached hydrogens (primary N) is 1. The van der Waals surface area contributed by atoms with E-state index < -0.39 is 0 Å². The summed E-state index contributed by atoms with van der Waals surface area (Å²) in [6.07, 6.45) is 8.14. The maximum Gasteiger partial charge on any atom is 0.169 e. The fourth-order valence-corrected chi connectivity index (χ4v) is 2.54. The van der Waals surface area contributed by atoms with E-state index in [9.17, 15) is 0 Å². The van der Waals surface area contributed by atoms with Crippen LogP contribution >= 0.6 is 0 Å². The van der Waals surface area contributed by atoms with E-state index in [0.717, 1.165) is 16.9 Å². The lowest BCUT2D eigenvalue weighted by atomic mass is 10.2. The van der Waals surface area contributed by atoms with E-state index in [2.05, 4.69) is 25.6 Å². The molecule has 0 radical (unpaired) electrons. The van der Waals surface area contributed by atoms with Crippen LogP contribution in [0.5, 0.6) is 0 Å². The fourth-order valence-electron chi connectivity index (χ4n) is 2.54. The van der Waals surface area contributed by atoms with Crippen molar-refractivity contribution in [3.8, 4) is 0 Å². The van der Waals surface area contributed by atoms with Gasteiger partial charge in [0.2, 0.25) is 0 Å². The van der Waals surface area contributed by atoms with Crippen molar-refractivity contribution in [3.63, 3.8) is 0 Å². The van der Waals surface area contributed by atoms with Crippen LogP contribution in [-0.2, 0) is 6.54 Å². The summed E-state index contributed by atoms with van der Waals surface area (Å²) < 4.78 is 2.02. The number of hydrogen-bond acceptors (Lipinski definition) is 8. The van der Waals surface area contributed by atoms with Crippen LogP contribution in [0.15, 0.2) is 36.9 Å². The van der Waals surface area contributed by atoms with Crippen molar-refractivity contribution < 1.29 is 5.11 Å². The Balaban J connectivity index is 1.78. The molecule has 27 heavy (non-hydrogen) atoms. The highest BCUT2D eigenvalue weighted by atomic mass is 16.3. The molecule has 3 heterocycles. The molecule has 0 aliphatic rings. The standard InChI is InChI=1S/C18H22N8O/c1-12-7-22-16-3-2-13(11-26(12)16)8-24-18-17(20)23-10-15(25-18)14(6-19)9-21-4-5-27/h2-3,6-7,9-11,19,21,27H,4-5,8H2,1H3,(H2,20,23)(H,24,25)/b14-9+,19-6?. The number of pyridine rings is 1. The number of hydrogen-bond donors (Lipinski definition) is 5. The van der Waals surface area contributed by atoms with Crippen LogP contribution in [0.3, 0.4) is 0 Å². The molecule has 3 aromatic heterocycles. The summed E-state index contributed by atoms with van der Waals surface area (Å²) in [5.41, 5.74) is 9.98. The van der Waals surface area contributed by atoms with Gasteiger partial charge >= 0.3 is 0 Å². The molecular weight excluding hydrogens is 344 g/mol. The van der Waals surface area contributed by atoms with Gasteiger partial charge in [0.15, 0.2) is 11.6 Å². The normalized spacial score (nSPS) is 11.6. The fraction of sp³-hybridized carbons (Fsp3) is 0.222. The third kappa shape index (κ3) is 4.21. The van der Waals surface area contributed by atoms with Gasteiger partial charge in [0.05, 0.1) is 18.5 Å². The summed E-state index contributed by atoms with van der Waals surface area (Å²) in [6, 6.07) is 3.95. The number of fused-ring (bicyclic) bond motifs is 1. The molecule has 0 aromatic carbocycles. The number of aryl methyl sites for hydroxylation is 1. The van der Waals surface area contributed by atoms with Crippen LogP contribution < -0.4 is 16.4 Å². The molecule has 9 heteroatoms. The number of nitrogens with one attached hydrogen (secondary N) is 3. The molecule has 0 saturated heterocycles. The van der Waals surface area contributed by atoms with Crippen molar-refractivity contribution in [1.29, 1.82) is 5.41 Å². The Kier molecular flexibility index (Phi) is 5.62. The predicted molar refractivity (Wildman–Crippen MR) is 106 cm³/mol. The molecule has 3 rings (SSSR count). The maximum atomic E-state index is 8.84. The number of aliphatic hydroxyl groups is 1. The molecular formula is C18H22N8O. The Morgan fingerprint density at radius 1 is 1.33 bits per heavy atom. The minimum atomic E-state index is 0.00271. The van der Waals surface area contributed by atoms with Crippen molar-refractivity contribution in [2.45, 2.75) is 13.5 Å². The van der Waals surface area contributed by atoms with E-state index in [0.29, 0.717) is 30.2 Å². The lowest BCUT2D eigenvalue weighted by Crippen LogP contribution is -2.13. The summed E-state index contributed by atoms with van der Waals surface area (Å²) in [6.45, 7) is 2.91. The average Bonchev–Trinajstić information content (AvgIpc) is 3.05. The molecule has 0 aliphatic carbocycles. The highest BCUT2D eigenvalue weighted by Gasteiger charge is 2.08. The lowest BCUT2D eigenvalue weighted by Gasteiger charge is -2.11. The van der Waals surface area contributed by atoms with Gasteiger partial charge in [-0.05, 0) is 18.6 Å². The third-order valence-electron chi connectivity index (χ3n) is 3.98. The van der Waals surface area contributed by atoms with Crippen molar-refractivity contribution in [2.75, 3.05) is 24.2 Å². The van der Waals surface area contributed by atoms with E-state index >= 15 is 0 Å². The van der Waals surface area contributed by atoms with E-state index in [4.69, 9.17) is 16.2 Å². The molecule has 0 saturated carbocycles. The van der Waals surface area contributed by atoms with Crippen molar-refractivity contribution in [1.82, 2.24) is 24.7 Å². The summed E-state index contributed by atoms with van der Waals surface area (Å²) >= 11 is 0. The van der Waals surface area contributed by atoms with Crippen molar-refractivity contribution in [3.05, 3.63) is 53.9 Å². The molecule has 0 bridgehead atoms. The molecule has 0 unspecified atom stereocenters. The van der Waals surface area contributed by atoms with Crippen LogP contribution in [-0.4, -0.2) is 43.8 Å². The highest BCUT2D eigenvalue weighted by molar-refractivity contribution is 6.07. The molecule has 0 spiro atoms. The highest BCUT2D eigenvalue weighted by Crippen LogP contribution is 2.18. The van der Waals surface area contributed by atoms with Gasteiger partial charge in [-0.1, -0.05) is 6.07 Å².